The summed E-state index contributed by atoms with van der Waals surface area (Å²) in [4.78, 5) is 26.2. The minimum absolute atomic E-state index is 0.215. The SMILES string of the molecule is COC(=O)c1csc(NC(C)C(=O)OC)n1. The molecule has 1 unspecified atom stereocenters. The minimum atomic E-state index is -0.512. The highest BCUT2D eigenvalue weighted by atomic mass is 32.1. The summed E-state index contributed by atoms with van der Waals surface area (Å²) in [6.07, 6.45) is 0. The average Bonchev–Trinajstić information content (AvgIpc) is 2.75. The molecule has 0 bridgehead atoms. The Morgan fingerprint density at radius 1 is 1.44 bits per heavy atom. The zero-order chi connectivity index (χ0) is 12.1. The third-order valence-electron chi connectivity index (χ3n) is 1.79. The maximum Gasteiger partial charge on any atom is 0.357 e. The van der Waals surface area contributed by atoms with Gasteiger partial charge in [-0.1, -0.05) is 0 Å². The summed E-state index contributed by atoms with van der Waals surface area (Å²) in [5, 5.41) is 4.84. The fourth-order valence-corrected chi connectivity index (χ4v) is 1.73. The summed E-state index contributed by atoms with van der Waals surface area (Å²) < 4.78 is 9.05. The number of hydrogen-bond donors (Lipinski definition) is 1. The molecule has 0 aromatic carbocycles. The second-order valence-electron chi connectivity index (χ2n) is 2.92. The second-order valence-corrected chi connectivity index (χ2v) is 3.78. The summed E-state index contributed by atoms with van der Waals surface area (Å²) >= 11 is 1.22. The number of methoxy groups -OCH3 is 2. The number of nitrogens with one attached hydrogen (secondary N) is 1. The van der Waals surface area contributed by atoms with Crippen LogP contribution in [0.3, 0.4) is 0 Å². The first kappa shape index (κ1) is 12.4. The molecule has 0 aliphatic carbocycles. The van der Waals surface area contributed by atoms with Gasteiger partial charge in [-0.2, -0.15) is 0 Å². The van der Waals surface area contributed by atoms with Gasteiger partial charge in [0.25, 0.3) is 0 Å². The molecule has 0 amide bonds. The number of rotatable bonds is 4. The molecule has 1 N–H and O–H groups in total. The third kappa shape index (κ3) is 2.93. The fraction of sp³-hybridized carbons (Fsp3) is 0.444. The summed E-state index contributed by atoms with van der Waals surface area (Å²) in [6.45, 7) is 1.64. The number of carbonyl (C=O) groups is 2. The van der Waals surface area contributed by atoms with Crippen molar-refractivity contribution < 1.29 is 19.1 Å². The van der Waals surface area contributed by atoms with Gasteiger partial charge < -0.3 is 14.8 Å². The summed E-state index contributed by atoms with van der Waals surface area (Å²) in [5.74, 6) is -0.898. The largest absolute Gasteiger partial charge is 0.467 e. The first-order valence-corrected chi connectivity index (χ1v) is 5.34. The Morgan fingerprint density at radius 2 is 2.12 bits per heavy atom. The van der Waals surface area contributed by atoms with Gasteiger partial charge >= 0.3 is 11.9 Å². The fourth-order valence-electron chi connectivity index (χ4n) is 0.959. The normalized spacial score (nSPS) is 11.7. The van der Waals surface area contributed by atoms with E-state index in [0.29, 0.717) is 5.13 Å². The molecular weight excluding hydrogens is 232 g/mol. The molecule has 1 aromatic heterocycles. The Hall–Kier alpha value is -1.63. The molecule has 0 saturated heterocycles. The predicted octanol–water partition coefficient (Wildman–Crippen LogP) is 0.903. The van der Waals surface area contributed by atoms with Crippen LogP contribution in [0.2, 0.25) is 0 Å². The van der Waals surface area contributed by atoms with Gasteiger partial charge in [-0.25, -0.2) is 14.6 Å². The van der Waals surface area contributed by atoms with Gasteiger partial charge in [0, 0.05) is 5.38 Å². The molecule has 88 valence electrons. The topological polar surface area (TPSA) is 77.5 Å². The summed E-state index contributed by atoms with van der Waals surface area (Å²) in [5.41, 5.74) is 0.215. The lowest BCUT2D eigenvalue weighted by atomic mass is 10.3. The zero-order valence-electron chi connectivity index (χ0n) is 9.14. The maximum absolute atomic E-state index is 11.1. The van der Waals surface area contributed by atoms with Crippen molar-refractivity contribution >= 4 is 28.4 Å². The van der Waals surface area contributed by atoms with Gasteiger partial charge in [-0.3, -0.25) is 0 Å². The van der Waals surface area contributed by atoms with Crippen molar-refractivity contribution in [3.8, 4) is 0 Å². The van der Waals surface area contributed by atoms with E-state index in [9.17, 15) is 9.59 Å². The molecule has 7 heteroatoms. The van der Waals surface area contributed by atoms with Crippen LogP contribution in [0.5, 0.6) is 0 Å². The van der Waals surface area contributed by atoms with Crippen molar-refractivity contribution in [1.82, 2.24) is 4.98 Å². The van der Waals surface area contributed by atoms with E-state index in [1.165, 1.54) is 25.6 Å². The number of ether oxygens (including phenoxy) is 2. The molecule has 0 spiro atoms. The highest BCUT2D eigenvalue weighted by Gasteiger charge is 2.16. The van der Waals surface area contributed by atoms with Crippen molar-refractivity contribution in [2.75, 3.05) is 19.5 Å². The van der Waals surface area contributed by atoms with Crippen LogP contribution in [-0.2, 0) is 14.3 Å². The molecule has 6 nitrogen and oxygen atoms in total. The third-order valence-corrected chi connectivity index (χ3v) is 2.57. The number of hydrogen-bond acceptors (Lipinski definition) is 7. The van der Waals surface area contributed by atoms with Crippen molar-refractivity contribution in [1.29, 1.82) is 0 Å². The summed E-state index contributed by atoms with van der Waals surface area (Å²) in [6, 6.07) is -0.512. The van der Waals surface area contributed by atoms with Crippen molar-refractivity contribution in [3.63, 3.8) is 0 Å². The van der Waals surface area contributed by atoms with Crippen LogP contribution >= 0.6 is 11.3 Å². The van der Waals surface area contributed by atoms with E-state index in [2.05, 4.69) is 19.8 Å². The Labute approximate surface area is 96.6 Å². The standard InChI is InChI=1S/C9H12N2O4S/c1-5(7(12)14-2)10-9-11-6(4-16-9)8(13)15-3/h4-5H,1-3H3,(H,10,11). The summed E-state index contributed by atoms with van der Waals surface area (Å²) in [7, 11) is 2.59. The maximum atomic E-state index is 11.1. The molecular formula is C9H12N2O4S. The second kappa shape index (κ2) is 5.45. The number of aromatic nitrogens is 1. The van der Waals surface area contributed by atoms with E-state index in [4.69, 9.17) is 0 Å². The van der Waals surface area contributed by atoms with Gasteiger partial charge in [-0.15, -0.1) is 11.3 Å². The van der Waals surface area contributed by atoms with E-state index in [-0.39, 0.29) is 5.69 Å². The smallest absolute Gasteiger partial charge is 0.357 e. The number of nitrogens with zero attached hydrogens (tertiary/aromatic N) is 1. The first-order valence-electron chi connectivity index (χ1n) is 4.46. The highest BCUT2D eigenvalue weighted by Crippen LogP contribution is 2.17. The molecule has 16 heavy (non-hydrogen) atoms. The van der Waals surface area contributed by atoms with Crippen molar-refractivity contribution in [2.45, 2.75) is 13.0 Å². The van der Waals surface area contributed by atoms with Crippen molar-refractivity contribution in [2.24, 2.45) is 0 Å². The number of anilines is 1. The Kier molecular flexibility index (Phi) is 4.24. The van der Waals surface area contributed by atoms with E-state index in [1.807, 2.05) is 0 Å². The quantitative estimate of drug-likeness (QED) is 0.793. The minimum Gasteiger partial charge on any atom is -0.467 e. The molecule has 0 aliphatic heterocycles. The van der Waals surface area contributed by atoms with Gasteiger partial charge in [0.1, 0.15) is 6.04 Å². The van der Waals surface area contributed by atoms with Crippen LogP contribution in [0, 0.1) is 0 Å². The lowest BCUT2D eigenvalue weighted by Crippen LogP contribution is -2.27. The monoisotopic (exact) mass is 244 g/mol. The van der Waals surface area contributed by atoms with Gasteiger partial charge in [0.2, 0.25) is 0 Å². The molecule has 1 rings (SSSR count). The van der Waals surface area contributed by atoms with E-state index in [0.717, 1.165) is 0 Å². The van der Waals surface area contributed by atoms with E-state index in [1.54, 1.807) is 12.3 Å². The highest BCUT2D eigenvalue weighted by molar-refractivity contribution is 7.13. The predicted molar refractivity (Wildman–Crippen MR) is 58.6 cm³/mol. The van der Waals surface area contributed by atoms with Crippen molar-refractivity contribution in [3.05, 3.63) is 11.1 Å². The van der Waals surface area contributed by atoms with Crippen LogP contribution in [0.25, 0.3) is 0 Å². The van der Waals surface area contributed by atoms with Gasteiger partial charge in [0.15, 0.2) is 10.8 Å². The molecule has 1 aromatic rings. The molecule has 0 aliphatic rings. The van der Waals surface area contributed by atoms with Gasteiger partial charge in [0.05, 0.1) is 14.2 Å². The van der Waals surface area contributed by atoms with Crippen LogP contribution < -0.4 is 5.32 Å². The van der Waals surface area contributed by atoms with Gasteiger partial charge in [-0.05, 0) is 6.92 Å². The molecule has 0 fully saturated rings. The zero-order valence-corrected chi connectivity index (χ0v) is 9.96. The number of carbonyl (C=O) groups excluding carboxylic acids is 2. The molecule has 0 saturated carbocycles. The van der Waals surface area contributed by atoms with E-state index < -0.39 is 18.0 Å². The lowest BCUT2D eigenvalue weighted by Gasteiger charge is -2.09. The molecule has 1 heterocycles. The Morgan fingerprint density at radius 3 is 2.69 bits per heavy atom. The van der Waals surface area contributed by atoms with E-state index >= 15 is 0 Å². The van der Waals surface area contributed by atoms with Crippen LogP contribution in [0.4, 0.5) is 5.13 Å². The Balaban J connectivity index is 2.65. The molecule has 0 radical (unpaired) electrons. The lowest BCUT2D eigenvalue weighted by molar-refractivity contribution is -0.141. The number of esters is 2. The number of thiazole rings is 1. The van der Waals surface area contributed by atoms with Crippen LogP contribution in [-0.4, -0.2) is 37.2 Å². The first-order chi connectivity index (χ1) is 7.58. The molecule has 1 atom stereocenters. The van der Waals surface area contributed by atoms with Crippen LogP contribution in [0.15, 0.2) is 5.38 Å². The average molecular weight is 244 g/mol. The Bertz CT molecular complexity index is 391. The van der Waals surface area contributed by atoms with Crippen LogP contribution in [0.1, 0.15) is 17.4 Å².